The van der Waals surface area contributed by atoms with E-state index in [1.54, 1.807) is 0 Å². The van der Waals surface area contributed by atoms with Crippen LogP contribution in [0.15, 0.2) is 24.4 Å². The van der Waals surface area contributed by atoms with Crippen molar-refractivity contribution in [1.29, 1.82) is 0 Å². The second-order valence-corrected chi connectivity index (χ2v) is 7.19. The van der Waals surface area contributed by atoms with Gasteiger partial charge in [0.2, 0.25) is 5.91 Å². The van der Waals surface area contributed by atoms with Crippen LogP contribution in [-0.4, -0.2) is 84.6 Å². The van der Waals surface area contributed by atoms with Crippen LogP contribution in [0.2, 0.25) is 0 Å². The van der Waals surface area contributed by atoms with E-state index in [-0.39, 0.29) is 18.1 Å². The molecule has 24 heavy (non-hydrogen) atoms. The van der Waals surface area contributed by atoms with Gasteiger partial charge in [-0.1, -0.05) is 6.07 Å². The summed E-state index contributed by atoms with van der Waals surface area (Å²) in [4.78, 5) is 23.0. The lowest BCUT2D eigenvalue weighted by atomic mass is 9.89. The van der Waals surface area contributed by atoms with Crippen molar-refractivity contribution in [2.75, 3.05) is 53.4 Å². The molecule has 0 N–H and O–H groups in total. The number of rotatable bonds is 5. The molecule has 0 aromatic carbocycles. The van der Waals surface area contributed by atoms with Gasteiger partial charge in [-0.25, -0.2) is 0 Å². The first kappa shape index (κ1) is 17.3. The lowest BCUT2D eigenvalue weighted by Crippen LogP contribution is -2.59. The predicted octanol–water partition coefficient (Wildman–Crippen LogP) is 0.837. The van der Waals surface area contributed by atoms with Gasteiger partial charge >= 0.3 is 0 Å². The highest BCUT2D eigenvalue weighted by molar-refractivity contribution is 5.78. The fourth-order valence-corrected chi connectivity index (χ4v) is 3.45. The van der Waals surface area contributed by atoms with Crippen molar-refractivity contribution in [3.05, 3.63) is 30.1 Å². The standard InChI is InChI=1S/C18H28N4O2/c1-20(2)11-12-22-15-18(24-14-17(22)23)6-9-21(10-7-18)13-16-5-3-4-8-19-16/h3-5,8H,6-7,9-15H2,1-2H3. The van der Waals surface area contributed by atoms with Crippen LogP contribution in [0.3, 0.4) is 0 Å². The van der Waals surface area contributed by atoms with E-state index in [1.165, 1.54) is 0 Å². The Bertz CT molecular complexity index is 541. The van der Waals surface area contributed by atoms with Crippen molar-refractivity contribution in [2.24, 2.45) is 0 Å². The molecule has 6 heteroatoms. The molecular formula is C18H28N4O2. The highest BCUT2D eigenvalue weighted by Crippen LogP contribution is 2.30. The van der Waals surface area contributed by atoms with Crippen molar-refractivity contribution in [3.8, 4) is 0 Å². The number of likely N-dealkylation sites (tertiary alicyclic amines) is 1. The van der Waals surface area contributed by atoms with Crippen molar-refractivity contribution in [3.63, 3.8) is 0 Å². The number of morpholine rings is 1. The minimum Gasteiger partial charge on any atom is -0.363 e. The summed E-state index contributed by atoms with van der Waals surface area (Å²) in [5, 5.41) is 0. The molecule has 0 radical (unpaired) electrons. The average Bonchev–Trinajstić information content (AvgIpc) is 2.59. The minimum absolute atomic E-state index is 0.124. The normalized spacial score (nSPS) is 21.6. The summed E-state index contributed by atoms with van der Waals surface area (Å²) >= 11 is 0. The van der Waals surface area contributed by atoms with Crippen LogP contribution >= 0.6 is 0 Å². The molecule has 0 atom stereocenters. The van der Waals surface area contributed by atoms with Crippen molar-refractivity contribution in [2.45, 2.75) is 25.0 Å². The largest absolute Gasteiger partial charge is 0.363 e. The van der Waals surface area contributed by atoms with E-state index < -0.39 is 0 Å². The van der Waals surface area contributed by atoms with Gasteiger partial charge in [0.1, 0.15) is 6.61 Å². The van der Waals surface area contributed by atoms with Gasteiger partial charge in [-0.05, 0) is 39.1 Å². The molecule has 2 aliphatic rings. The molecular weight excluding hydrogens is 304 g/mol. The Morgan fingerprint density at radius 1 is 1.29 bits per heavy atom. The molecule has 1 aromatic rings. The van der Waals surface area contributed by atoms with E-state index in [0.717, 1.165) is 57.8 Å². The van der Waals surface area contributed by atoms with Crippen LogP contribution in [0.5, 0.6) is 0 Å². The molecule has 1 amide bonds. The molecule has 3 rings (SSSR count). The number of hydrogen-bond acceptors (Lipinski definition) is 5. The van der Waals surface area contributed by atoms with E-state index in [9.17, 15) is 4.79 Å². The third kappa shape index (κ3) is 4.32. The molecule has 0 bridgehead atoms. The van der Waals surface area contributed by atoms with E-state index in [2.05, 4.69) is 20.9 Å². The summed E-state index contributed by atoms with van der Waals surface area (Å²) in [6, 6.07) is 6.05. The van der Waals surface area contributed by atoms with Gasteiger partial charge in [-0.15, -0.1) is 0 Å². The lowest BCUT2D eigenvalue weighted by Gasteiger charge is -2.47. The molecule has 3 heterocycles. The molecule has 0 aliphatic carbocycles. The van der Waals surface area contributed by atoms with Gasteiger partial charge in [-0.3, -0.25) is 14.7 Å². The molecule has 2 fully saturated rings. The van der Waals surface area contributed by atoms with Crippen LogP contribution in [-0.2, 0) is 16.1 Å². The first-order valence-corrected chi connectivity index (χ1v) is 8.75. The van der Waals surface area contributed by atoms with E-state index in [0.29, 0.717) is 0 Å². The number of carbonyl (C=O) groups is 1. The molecule has 2 saturated heterocycles. The summed E-state index contributed by atoms with van der Waals surface area (Å²) in [5.74, 6) is 0.124. The first-order chi connectivity index (χ1) is 11.6. The van der Waals surface area contributed by atoms with Crippen molar-refractivity contribution >= 4 is 5.91 Å². The molecule has 6 nitrogen and oxygen atoms in total. The van der Waals surface area contributed by atoms with Crippen LogP contribution in [0.1, 0.15) is 18.5 Å². The number of amides is 1. The summed E-state index contributed by atoms with van der Waals surface area (Å²) < 4.78 is 6.01. The maximum atomic E-state index is 12.1. The summed E-state index contributed by atoms with van der Waals surface area (Å²) in [5.41, 5.74) is 0.960. The number of ether oxygens (including phenoxy) is 1. The van der Waals surface area contributed by atoms with Gasteiger partial charge in [0.15, 0.2) is 0 Å². The predicted molar refractivity (Wildman–Crippen MR) is 92.6 cm³/mol. The Balaban J connectivity index is 1.53. The third-order valence-corrected chi connectivity index (χ3v) is 5.03. The summed E-state index contributed by atoms with van der Waals surface area (Å²) in [6.07, 6.45) is 3.80. The Hall–Kier alpha value is -1.50. The molecule has 2 aliphatic heterocycles. The zero-order valence-corrected chi connectivity index (χ0v) is 14.8. The van der Waals surface area contributed by atoms with Gasteiger partial charge in [0, 0.05) is 45.5 Å². The van der Waals surface area contributed by atoms with E-state index >= 15 is 0 Å². The smallest absolute Gasteiger partial charge is 0.248 e. The third-order valence-electron chi connectivity index (χ3n) is 5.03. The number of aromatic nitrogens is 1. The number of carbonyl (C=O) groups excluding carboxylic acids is 1. The summed E-state index contributed by atoms with van der Waals surface area (Å²) in [6.45, 7) is 5.52. The van der Waals surface area contributed by atoms with Crippen LogP contribution < -0.4 is 0 Å². The Labute approximate surface area is 144 Å². The second kappa shape index (κ2) is 7.59. The molecule has 0 unspecified atom stereocenters. The van der Waals surface area contributed by atoms with Crippen LogP contribution in [0.25, 0.3) is 0 Å². The van der Waals surface area contributed by atoms with Gasteiger partial charge in [0.05, 0.1) is 11.3 Å². The maximum absolute atomic E-state index is 12.1. The first-order valence-electron chi connectivity index (χ1n) is 8.75. The number of hydrogen-bond donors (Lipinski definition) is 0. The van der Waals surface area contributed by atoms with Crippen molar-refractivity contribution < 1.29 is 9.53 Å². The number of pyridine rings is 1. The van der Waals surface area contributed by atoms with Gasteiger partial charge < -0.3 is 14.5 Å². The topological polar surface area (TPSA) is 48.9 Å². The number of likely N-dealkylation sites (N-methyl/N-ethyl adjacent to an activating group) is 1. The maximum Gasteiger partial charge on any atom is 0.248 e. The molecule has 0 saturated carbocycles. The zero-order chi connectivity index (χ0) is 17.0. The lowest BCUT2D eigenvalue weighted by molar-refractivity contribution is -0.171. The second-order valence-electron chi connectivity index (χ2n) is 7.19. The van der Waals surface area contributed by atoms with Gasteiger partial charge in [-0.2, -0.15) is 0 Å². The molecule has 132 valence electrons. The SMILES string of the molecule is CN(C)CCN1CC2(CCN(Cc3ccccn3)CC2)OCC1=O. The Kier molecular flexibility index (Phi) is 5.48. The zero-order valence-electron chi connectivity index (χ0n) is 14.8. The van der Waals surface area contributed by atoms with E-state index in [1.807, 2.05) is 37.3 Å². The monoisotopic (exact) mass is 332 g/mol. The fraction of sp³-hybridized carbons (Fsp3) is 0.667. The van der Waals surface area contributed by atoms with Gasteiger partial charge in [0.25, 0.3) is 0 Å². The quantitative estimate of drug-likeness (QED) is 0.800. The highest BCUT2D eigenvalue weighted by atomic mass is 16.5. The van der Waals surface area contributed by atoms with Crippen molar-refractivity contribution in [1.82, 2.24) is 19.7 Å². The van der Waals surface area contributed by atoms with Crippen LogP contribution in [0.4, 0.5) is 0 Å². The number of nitrogens with zero attached hydrogens (tertiary/aromatic N) is 4. The molecule has 1 spiro atoms. The highest BCUT2D eigenvalue weighted by Gasteiger charge is 2.42. The Morgan fingerprint density at radius 3 is 2.75 bits per heavy atom. The fourth-order valence-electron chi connectivity index (χ4n) is 3.45. The Morgan fingerprint density at radius 2 is 2.08 bits per heavy atom. The number of piperidine rings is 1. The van der Waals surface area contributed by atoms with E-state index in [4.69, 9.17) is 4.74 Å². The average molecular weight is 332 g/mol. The minimum atomic E-state index is -0.152. The molecule has 1 aromatic heterocycles. The summed E-state index contributed by atoms with van der Waals surface area (Å²) in [7, 11) is 4.08. The van der Waals surface area contributed by atoms with Crippen LogP contribution in [0, 0.1) is 0 Å².